The first kappa shape index (κ1) is 20.8. The number of guanidine groups is 1. The molecule has 0 saturated carbocycles. The Labute approximate surface area is 163 Å². The Morgan fingerprint density at radius 1 is 1.19 bits per heavy atom. The van der Waals surface area contributed by atoms with Crippen LogP contribution in [0.1, 0.15) is 37.3 Å². The number of hydrogen-bond donors (Lipinski definition) is 2. The molecule has 27 heavy (non-hydrogen) atoms. The average molecular weight is 369 g/mol. The molecule has 0 saturated heterocycles. The number of nitrogens with zero attached hydrogens (tertiary/aromatic N) is 2. The van der Waals surface area contributed by atoms with Gasteiger partial charge in [0.05, 0.1) is 6.54 Å². The van der Waals surface area contributed by atoms with Gasteiger partial charge >= 0.3 is 0 Å². The highest BCUT2D eigenvalue weighted by molar-refractivity contribution is 5.92. The van der Waals surface area contributed by atoms with Crippen LogP contribution in [0.4, 0.5) is 5.69 Å². The lowest BCUT2D eigenvalue weighted by atomic mass is 9.99. The van der Waals surface area contributed by atoms with E-state index in [0.29, 0.717) is 25.0 Å². The SMILES string of the molecule is CCC(C)c1ccc(NC(N)=NCc2cccc(OCCN(C)C)c2)cc1. The molecule has 0 fully saturated rings. The van der Waals surface area contributed by atoms with Gasteiger partial charge in [0.2, 0.25) is 0 Å². The molecule has 0 bridgehead atoms. The standard InChI is InChI=1S/C22H32N4O/c1-5-17(2)19-9-11-20(12-10-19)25-22(23)24-16-18-7-6-8-21(15-18)27-14-13-26(3)4/h6-12,15,17H,5,13-14,16H2,1-4H3,(H3,23,24,25). The quantitative estimate of drug-likeness (QED) is 0.517. The largest absolute Gasteiger partial charge is 0.492 e. The van der Waals surface area contributed by atoms with Gasteiger partial charge in [-0.3, -0.25) is 0 Å². The molecule has 2 rings (SSSR count). The molecule has 146 valence electrons. The van der Waals surface area contributed by atoms with Crippen molar-refractivity contribution >= 4 is 11.6 Å². The zero-order chi connectivity index (χ0) is 19.6. The summed E-state index contributed by atoms with van der Waals surface area (Å²) in [6.07, 6.45) is 1.13. The minimum Gasteiger partial charge on any atom is -0.492 e. The molecule has 1 atom stereocenters. The summed E-state index contributed by atoms with van der Waals surface area (Å²) in [6, 6.07) is 16.3. The molecule has 5 nitrogen and oxygen atoms in total. The molecule has 0 radical (unpaired) electrons. The van der Waals surface area contributed by atoms with Crippen molar-refractivity contribution in [1.82, 2.24) is 4.90 Å². The maximum Gasteiger partial charge on any atom is 0.193 e. The van der Waals surface area contributed by atoms with Gasteiger partial charge in [0.1, 0.15) is 12.4 Å². The van der Waals surface area contributed by atoms with Crippen molar-refractivity contribution in [3.63, 3.8) is 0 Å². The van der Waals surface area contributed by atoms with Gasteiger partial charge in [0.15, 0.2) is 5.96 Å². The fourth-order valence-electron chi connectivity index (χ4n) is 2.57. The van der Waals surface area contributed by atoms with Crippen LogP contribution in [-0.2, 0) is 6.54 Å². The summed E-state index contributed by atoms with van der Waals surface area (Å²) < 4.78 is 5.76. The van der Waals surface area contributed by atoms with Crippen LogP contribution in [0.3, 0.4) is 0 Å². The molecule has 0 aliphatic rings. The summed E-state index contributed by atoms with van der Waals surface area (Å²) in [6.45, 7) is 6.49. The molecule has 1 unspecified atom stereocenters. The second kappa shape index (κ2) is 10.6. The number of nitrogens with one attached hydrogen (secondary N) is 1. The fraction of sp³-hybridized carbons (Fsp3) is 0.409. The van der Waals surface area contributed by atoms with Crippen molar-refractivity contribution in [1.29, 1.82) is 0 Å². The molecule has 0 heterocycles. The highest BCUT2D eigenvalue weighted by atomic mass is 16.5. The van der Waals surface area contributed by atoms with Gasteiger partial charge in [0.25, 0.3) is 0 Å². The van der Waals surface area contributed by atoms with Crippen LogP contribution < -0.4 is 15.8 Å². The maximum atomic E-state index is 6.03. The van der Waals surface area contributed by atoms with Gasteiger partial charge in [-0.05, 0) is 61.8 Å². The van der Waals surface area contributed by atoms with Crippen LogP contribution in [0, 0.1) is 0 Å². The lowest BCUT2D eigenvalue weighted by Crippen LogP contribution is -2.22. The van der Waals surface area contributed by atoms with E-state index in [-0.39, 0.29) is 0 Å². The number of anilines is 1. The molecule has 2 aromatic rings. The van der Waals surface area contributed by atoms with Gasteiger partial charge in [-0.1, -0.05) is 38.1 Å². The molecule has 2 aromatic carbocycles. The Balaban J connectivity index is 1.89. The van der Waals surface area contributed by atoms with Crippen molar-refractivity contribution in [3.05, 3.63) is 59.7 Å². The third-order valence-corrected chi connectivity index (χ3v) is 4.50. The van der Waals surface area contributed by atoms with E-state index < -0.39 is 0 Å². The van der Waals surface area contributed by atoms with Crippen LogP contribution in [0.5, 0.6) is 5.75 Å². The predicted octanol–water partition coefficient (Wildman–Crippen LogP) is 4.07. The molecule has 0 spiro atoms. The molecule has 0 aliphatic heterocycles. The lowest BCUT2D eigenvalue weighted by Gasteiger charge is -2.12. The van der Waals surface area contributed by atoms with Gasteiger partial charge in [-0.2, -0.15) is 0 Å². The van der Waals surface area contributed by atoms with E-state index in [0.717, 1.165) is 30.0 Å². The number of benzene rings is 2. The molecule has 0 amide bonds. The summed E-state index contributed by atoms with van der Waals surface area (Å²) in [5.74, 6) is 1.83. The highest BCUT2D eigenvalue weighted by Gasteiger charge is 2.03. The highest BCUT2D eigenvalue weighted by Crippen LogP contribution is 2.20. The van der Waals surface area contributed by atoms with Gasteiger partial charge in [-0.25, -0.2) is 4.99 Å². The van der Waals surface area contributed by atoms with E-state index in [9.17, 15) is 0 Å². The smallest absolute Gasteiger partial charge is 0.193 e. The Bertz CT molecular complexity index is 725. The Morgan fingerprint density at radius 2 is 1.93 bits per heavy atom. The van der Waals surface area contributed by atoms with Crippen LogP contribution in [0.15, 0.2) is 53.5 Å². The van der Waals surface area contributed by atoms with Gasteiger partial charge < -0.3 is 20.7 Å². The van der Waals surface area contributed by atoms with Gasteiger partial charge in [0, 0.05) is 12.2 Å². The second-order valence-corrected chi connectivity index (χ2v) is 7.06. The summed E-state index contributed by atoms with van der Waals surface area (Å²) in [7, 11) is 4.06. The molecular weight excluding hydrogens is 336 g/mol. The zero-order valence-electron chi connectivity index (χ0n) is 16.9. The average Bonchev–Trinajstić information content (AvgIpc) is 2.66. The number of ether oxygens (including phenoxy) is 1. The van der Waals surface area contributed by atoms with Crippen molar-refractivity contribution in [2.75, 3.05) is 32.6 Å². The van der Waals surface area contributed by atoms with E-state index in [2.05, 4.69) is 41.2 Å². The molecule has 3 N–H and O–H groups in total. The molecule has 5 heteroatoms. The fourth-order valence-corrected chi connectivity index (χ4v) is 2.57. The normalized spacial score (nSPS) is 12.9. The first-order valence-electron chi connectivity index (χ1n) is 9.51. The van der Waals surface area contributed by atoms with E-state index in [4.69, 9.17) is 10.5 Å². The van der Waals surface area contributed by atoms with Crippen LogP contribution in [0.25, 0.3) is 0 Å². The van der Waals surface area contributed by atoms with E-state index in [1.165, 1.54) is 5.56 Å². The van der Waals surface area contributed by atoms with E-state index >= 15 is 0 Å². The summed E-state index contributed by atoms with van der Waals surface area (Å²) in [5.41, 5.74) is 9.38. The number of hydrogen-bond acceptors (Lipinski definition) is 3. The zero-order valence-corrected chi connectivity index (χ0v) is 16.9. The lowest BCUT2D eigenvalue weighted by molar-refractivity contribution is 0.261. The Morgan fingerprint density at radius 3 is 2.59 bits per heavy atom. The van der Waals surface area contributed by atoms with E-state index in [1.54, 1.807) is 0 Å². The molecular formula is C22H32N4O. The van der Waals surface area contributed by atoms with Crippen LogP contribution >= 0.6 is 0 Å². The van der Waals surface area contributed by atoms with Crippen molar-refractivity contribution < 1.29 is 4.74 Å². The monoisotopic (exact) mass is 368 g/mol. The topological polar surface area (TPSA) is 62.9 Å². The van der Waals surface area contributed by atoms with Crippen molar-refractivity contribution in [2.24, 2.45) is 10.7 Å². The maximum absolute atomic E-state index is 6.03. The second-order valence-electron chi connectivity index (χ2n) is 7.06. The number of nitrogens with two attached hydrogens (primary N) is 1. The Hall–Kier alpha value is -2.53. The van der Waals surface area contributed by atoms with Crippen molar-refractivity contribution in [2.45, 2.75) is 32.7 Å². The Kier molecular flexibility index (Phi) is 8.14. The van der Waals surface area contributed by atoms with Gasteiger partial charge in [-0.15, -0.1) is 0 Å². The first-order chi connectivity index (χ1) is 13.0. The third-order valence-electron chi connectivity index (χ3n) is 4.50. The van der Waals surface area contributed by atoms with Crippen LogP contribution in [0.2, 0.25) is 0 Å². The van der Waals surface area contributed by atoms with E-state index in [1.807, 2.05) is 50.5 Å². The number of rotatable bonds is 9. The molecule has 0 aromatic heterocycles. The summed E-state index contributed by atoms with van der Waals surface area (Å²) in [5, 5.41) is 3.15. The van der Waals surface area contributed by atoms with Crippen LogP contribution in [-0.4, -0.2) is 38.1 Å². The predicted molar refractivity (Wildman–Crippen MR) is 115 cm³/mol. The minimum atomic E-state index is 0.408. The number of aliphatic imine (C=N–C) groups is 1. The number of likely N-dealkylation sites (N-methyl/N-ethyl adjacent to an activating group) is 1. The summed E-state index contributed by atoms with van der Waals surface area (Å²) >= 11 is 0. The first-order valence-corrected chi connectivity index (χ1v) is 9.51. The third kappa shape index (κ3) is 7.31. The minimum absolute atomic E-state index is 0.408. The molecule has 0 aliphatic carbocycles. The van der Waals surface area contributed by atoms with Crippen molar-refractivity contribution in [3.8, 4) is 5.75 Å². The summed E-state index contributed by atoms with van der Waals surface area (Å²) in [4.78, 5) is 6.53.